The predicted molar refractivity (Wildman–Crippen MR) is 78.6 cm³/mol. The SMILES string of the molecule is COc1ncnc2c1nc(SCC(=O)O)n2CCSC. The van der Waals surface area contributed by atoms with Crippen LogP contribution in [-0.2, 0) is 11.3 Å². The minimum Gasteiger partial charge on any atom is -0.481 e. The highest BCUT2D eigenvalue weighted by molar-refractivity contribution is 7.99. The number of hydrogen-bond acceptors (Lipinski definition) is 7. The van der Waals surface area contributed by atoms with Crippen LogP contribution in [0, 0.1) is 0 Å². The fourth-order valence-electron chi connectivity index (χ4n) is 1.67. The lowest BCUT2D eigenvalue weighted by Gasteiger charge is -2.06. The number of imidazole rings is 1. The van der Waals surface area contributed by atoms with Crippen molar-refractivity contribution in [1.29, 1.82) is 0 Å². The average Bonchev–Trinajstić information content (AvgIpc) is 2.80. The summed E-state index contributed by atoms with van der Waals surface area (Å²) in [6, 6.07) is 0. The number of fused-ring (bicyclic) bond motifs is 1. The summed E-state index contributed by atoms with van der Waals surface area (Å²) in [5, 5.41) is 9.42. The number of nitrogens with zero attached hydrogens (tertiary/aromatic N) is 4. The van der Waals surface area contributed by atoms with Crippen LogP contribution in [0.4, 0.5) is 0 Å². The molecule has 2 aromatic heterocycles. The first-order valence-corrected chi connectivity index (χ1v) is 8.14. The van der Waals surface area contributed by atoms with E-state index in [9.17, 15) is 4.79 Å². The molecule has 0 unspecified atom stereocenters. The van der Waals surface area contributed by atoms with Crippen molar-refractivity contribution >= 4 is 40.7 Å². The molecule has 2 aromatic rings. The highest BCUT2D eigenvalue weighted by atomic mass is 32.2. The molecule has 0 aromatic carbocycles. The zero-order chi connectivity index (χ0) is 14.5. The molecule has 9 heteroatoms. The fraction of sp³-hybridized carbons (Fsp3) is 0.455. The Balaban J connectivity index is 2.44. The number of rotatable bonds is 7. The van der Waals surface area contributed by atoms with Gasteiger partial charge < -0.3 is 14.4 Å². The lowest BCUT2D eigenvalue weighted by molar-refractivity contribution is -0.133. The van der Waals surface area contributed by atoms with E-state index >= 15 is 0 Å². The molecular formula is C11H14N4O3S2. The van der Waals surface area contributed by atoms with Gasteiger partial charge in [0.05, 0.1) is 12.9 Å². The summed E-state index contributed by atoms with van der Waals surface area (Å²) >= 11 is 2.87. The Morgan fingerprint density at radius 2 is 2.30 bits per heavy atom. The Morgan fingerprint density at radius 1 is 1.50 bits per heavy atom. The van der Waals surface area contributed by atoms with Crippen LogP contribution in [0.25, 0.3) is 11.2 Å². The van der Waals surface area contributed by atoms with Gasteiger partial charge in [-0.05, 0) is 6.26 Å². The highest BCUT2D eigenvalue weighted by Crippen LogP contribution is 2.27. The molecule has 0 aliphatic carbocycles. The first kappa shape index (κ1) is 14.9. The van der Waals surface area contributed by atoms with Gasteiger partial charge in [0.2, 0.25) is 5.88 Å². The summed E-state index contributed by atoms with van der Waals surface area (Å²) in [7, 11) is 1.52. The van der Waals surface area contributed by atoms with Crippen LogP contribution in [0.15, 0.2) is 11.5 Å². The second-order valence-electron chi connectivity index (χ2n) is 3.78. The Bertz CT molecular complexity index is 617. The molecule has 20 heavy (non-hydrogen) atoms. The lowest BCUT2D eigenvalue weighted by Crippen LogP contribution is -2.05. The van der Waals surface area contributed by atoms with E-state index in [1.807, 2.05) is 10.8 Å². The van der Waals surface area contributed by atoms with E-state index in [1.165, 1.54) is 25.2 Å². The van der Waals surface area contributed by atoms with Crippen molar-refractivity contribution < 1.29 is 14.6 Å². The monoisotopic (exact) mass is 314 g/mol. The summed E-state index contributed by atoms with van der Waals surface area (Å²) in [4.78, 5) is 23.4. The number of carbonyl (C=O) groups is 1. The average molecular weight is 314 g/mol. The predicted octanol–water partition coefficient (Wildman–Crippen LogP) is 1.37. The van der Waals surface area contributed by atoms with Crippen LogP contribution in [-0.4, -0.2) is 55.5 Å². The quantitative estimate of drug-likeness (QED) is 0.766. The van der Waals surface area contributed by atoms with Gasteiger partial charge in [-0.1, -0.05) is 11.8 Å². The molecule has 0 aliphatic heterocycles. The molecule has 0 saturated heterocycles. The third kappa shape index (κ3) is 3.15. The molecule has 2 rings (SSSR count). The number of aliphatic carboxylic acids is 1. The normalized spacial score (nSPS) is 10.9. The third-order valence-corrected chi connectivity index (χ3v) is 4.05. The summed E-state index contributed by atoms with van der Waals surface area (Å²) in [5.41, 5.74) is 1.22. The minimum atomic E-state index is -0.878. The molecule has 0 saturated carbocycles. The van der Waals surface area contributed by atoms with Crippen LogP contribution in [0.2, 0.25) is 0 Å². The maximum absolute atomic E-state index is 10.7. The molecule has 2 heterocycles. The molecule has 0 amide bonds. The lowest BCUT2D eigenvalue weighted by atomic mass is 10.5. The number of thioether (sulfide) groups is 2. The van der Waals surface area contributed by atoms with Crippen molar-refractivity contribution in [3.05, 3.63) is 6.33 Å². The Morgan fingerprint density at radius 3 is 2.95 bits per heavy atom. The minimum absolute atomic E-state index is 0.0433. The van der Waals surface area contributed by atoms with Crippen LogP contribution < -0.4 is 4.74 Å². The Kier molecular flexibility index (Phi) is 5.07. The zero-order valence-electron chi connectivity index (χ0n) is 11.1. The topological polar surface area (TPSA) is 90.1 Å². The van der Waals surface area contributed by atoms with Crippen molar-refractivity contribution in [2.75, 3.05) is 24.9 Å². The van der Waals surface area contributed by atoms with Crippen molar-refractivity contribution in [3.63, 3.8) is 0 Å². The van der Waals surface area contributed by atoms with Gasteiger partial charge in [-0.25, -0.2) is 9.97 Å². The number of aromatic nitrogens is 4. The van der Waals surface area contributed by atoms with E-state index in [0.717, 1.165) is 5.75 Å². The standard InChI is InChI=1S/C11H14N4O3S2/c1-18-10-8-9(12-6-13-10)15(3-4-19-2)11(14-8)20-5-7(16)17/h6H,3-5H2,1-2H3,(H,16,17). The Labute approximate surface area is 124 Å². The number of aryl methyl sites for hydroxylation is 1. The van der Waals surface area contributed by atoms with Gasteiger partial charge in [-0.2, -0.15) is 16.7 Å². The van der Waals surface area contributed by atoms with Gasteiger partial charge in [0.15, 0.2) is 16.3 Å². The van der Waals surface area contributed by atoms with E-state index in [4.69, 9.17) is 9.84 Å². The maximum atomic E-state index is 10.7. The largest absolute Gasteiger partial charge is 0.481 e. The van der Waals surface area contributed by atoms with Gasteiger partial charge in [-0.15, -0.1) is 0 Å². The summed E-state index contributed by atoms with van der Waals surface area (Å²) in [6.07, 6.45) is 3.43. The van der Waals surface area contributed by atoms with Crippen molar-refractivity contribution in [1.82, 2.24) is 19.5 Å². The molecule has 0 atom stereocenters. The van der Waals surface area contributed by atoms with Crippen LogP contribution in [0.1, 0.15) is 0 Å². The van der Waals surface area contributed by atoms with Gasteiger partial charge in [-0.3, -0.25) is 4.79 Å². The number of hydrogen-bond donors (Lipinski definition) is 1. The molecule has 7 nitrogen and oxygen atoms in total. The molecule has 0 bridgehead atoms. The number of ether oxygens (including phenoxy) is 1. The molecule has 0 radical (unpaired) electrons. The third-order valence-electron chi connectivity index (χ3n) is 2.50. The molecule has 0 aliphatic rings. The Hall–Kier alpha value is -1.48. The smallest absolute Gasteiger partial charge is 0.313 e. The van der Waals surface area contributed by atoms with E-state index in [2.05, 4.69) is 15.0 Å². The highest BCUT2D eigenvalue weighted by Gasteiger charge is 2.17. The molecular weight excluding hydrogens is 300 g/mol. The number of carboxylic acid groups (broad SMARTS) is 1. The molecule has 0 fully saturated rings. The summed E-state index contributed by atoms with van der Waals surface area (Å²) in [5.74, 6) is 0.364. The fourth-order valence-corrected chi connectivity index (χ4v) is 2.77. The van der Waals surface area contributed by atoms with E-state index in [1.54, 1.807) is 11.8 Å². The van der Waals surface area contributed by atoms with Gasteiger partial charge in [0.1, 0.15) is 6.33 Å². The maximum Gasteiger partial charge on any atom is 0.313 e. The van der Waals surface area contributed by atoms with Gasteiger partial charge in [0.25, 0.3) is 0 Å². The van der Waals surface area contributed by atoms with E-state index in [0.29, 0.717) is 28.7 Å². The van der Waals surface area contributed by atoms with Crippen molar-refractivity contribution in [3.8, 4) is 5.88 Å². The van der Waals surface area contributed by atoms with Crippen LogP contribution >= 0.6 is 23.5 Å². The second-order valence-corrected chi connectivity index (χ2v) is 5.70. The van der Waals surface area contributed by atoms with Crippen LogP contribution in [0.3, 0.4) is 0 Å². The van der Waals surface area contributed by atoms with E-state index < -0.39 is 5.97 Å². The van der Waals surface area contributed by atoms with Crippen molar-refractivity contribution in [2.45, 2.75) is 11.7 Å². The van der Waals surface area contributed by atoms with Gasteiger partial charge >= 0.3 is 5.97 Å². The van der Waals surface area contributed by atoms with E-state index in [-0.39, 0.29) is 5.75 Å². The van der Waals surface area contributed by atoms with Crippen LogP contribution in [0.5, 0.6) is 5.88 Å². The number of carboxylic acids is 1. The molecule has 108 valence electrons. The number of methoxy groups -OCH3 is 1. The first-order valence-electron chi connectivity index (χ1n) is 5.76. The van der Waals surface area contributed by atoms with Gasteiger partial charge in [0, 0.05) is 12.3 Å². The molecule has 0 spiro atoms. The first-order chi connectivity index (χ1) is 9.67. The second kappa shape index (κ2) is 6.80. The molecule has 1 N–H and O–H groups in total. The summed E-state index contributed by atoms with van der Waals surface area (Å²) < 4.78 is 7.07. The summed E-state index contributed by atoms with van der Waals surface area (Å²) in [6.45, 7) is 0.708. The van der Waals surface area contributed by atoms with Crippen molar-refractivity contribution in [2.24, 2.45) is 0 Å². The zero-order valence-corrected chi connectivity index (χ0v) is 12.7.